The SMILES string of the molecule is O=C(Nc1ccccc1CO)c1c(O)c2ccc(Cl)cc2oc1=O.c1cc2ccc1-2. The molecule has 2 aliphatic carbocycles. The number of benzene rings is 3. The molecule has 0 aliphatic heterocycles. The summed E-state index contributed by atoms with van der Waals surface area (Å²) in [6.07, 6.45) is 0. The van der Waals surface area contributed by atoms with Crippen LogP contribution in [0.1, 0.15) is 15.9 Å². The van der Waals surface area contributed by atoms with E-state index < -0.39 is 22.8 Å². The number of fused-ring (bicyclic) bond motifs is 2. The highest BCUT2D eigenvalue weighted by Gasteiger charge is 2.21. The van der Waals surface area contributed by atoms with Crippen LogP contribution in [0.5, 0.6) is 5.75 Å². The summed E-state index contributed by atoms with van der Waals surface area (Å²) >= 11 is 5.82. The van der Waals surface area contributed by atoms with Crippen molar-refractivity contribution in [2.24, 2.45) is 0 Å². The van der Waals surface area contributed by atoms with E-state index in [9.17, 15) is 19.8 Å². The van der Waals surface area contributed by atoms with Gasteiger partial charge in [0.25, 0.3) is 5.91 Å². The second-order valence-electron chi connectivity index (χ2n) is 6.60. The van der Waals surface area contributed by atoms with Crippen LogP contribution in [-0.4, -0.2) is 16.1 Å². The lowest BCUT2D eigenvalue weighted by Crippen LogP contribution is -2.21. The summed E-state index contributed by atoms with van der Waals surface area (Å²) in [4.78, 5) is 24.5. The normalized spacial score (nSPS) is 10.9. The molecule has 1 heterocycles. The second kappa shape index (κ2) is 8.02. The predicted octanol–water partition coefficient (Wildman–Crippen LogP) is 4.56. The van der Waals surface area contributed by atoms with E-state index in [1.54, 1.807) is 24.3 Å². The van der Waals surface area contributed by atoms with Crippen molar-refractivity contribution in [2.75, 3.05) is 5.32 Å². The van der Waals surface area contributed by atoms with Crippen molar-refractivity contribution in [3.8, 4) is 16.9 Å². The molecule has 0 saturated carbocycles. The van der Waals surface area contributed by atoms with Crippen LogP contribution in [0.15, 0.2) is 75.9 Å². The number of anilines is 1. The van der Waals surface area contributed by atoms with Crippen LogP contribution in [0, 0.1) is 0 Å². The Kier molecular flexibility index (Phi) is 5.27. The van der Waals surface area contributed by atoms with Crippen LogP contribution in [-0.2, 0) is 6.61 Å². The first-order valence-corrected chi connectivity index (χ1v) is 9.41. The first-order valence-electron chi connectivity index (χ1n) is 9.04. The molecule has 1 aromatic heterocycles. The molecule has 0 unspecified atom stereocenters. The highest BCUT2D eigenvalue weighted by molar-refractivity contribution is 6.31. The first-order chi connectivity index (χ1) is 14.5. The van der Waals surface area contributed by atoms with Crippen molar-refractivity contribution in [3.05, 3.63) is 93.3 Å². The van der Waals surface area contributed by atoms with Gasteiger partial charge in [-0.25, -0.2) is 4.79 Å². The van der Waals surface area contributed by atoms with E-state index >= 15 is 0 Å². The quantitative estimate of drug-likeness (QED) is 0.371. The molecule has 1 amide bonds. The largest absolute Gasteiger partial charge is 0.506 e. The molecule has 2 aromatic carbocycles. The molecule has 3 N–H and O–H groups in total. The summed E-state index contributed by atoms with van der Waals surface area (Å²) in [5.41, 5.74) is 2.24. The lowest BCUT2D eigenvalue weighted by Gasteiger charge is -2.10. The number of rotatable bonds is 3. The molecule has 6 nitrogen and oxygen atoms in total. The van der Waals surface area contributed by atoms with Crippen LogP contribution in [0.3, 0.4) is 0 Å². The Morgan fingerprint density at radius 1 is 1.00 bits per heavy atom. The highest BCUT2D eigenvalue weighted by Crippen LogP contribution is 2.30. The molecule has 150 valence electrons. The fourth-order valence-corrected chi connectivity index (χ4v) is 3.15. The molecule has 0 atom stereocenters. The molecule has 0 bridgehead atoms. The van der Waals surface area contributed by atoms with Crippen LogP contribution in [0.2, 0.25) is 5.02 Å². The number of aliphatic hydroxyl groups excluding tert-OH is 1. The van der Waals surface area contributed by atoms with Crippen LogP contribution in [0.25, 0.3) is 22.1 Å². The maximum atomic E-state index is 12.4. The number of halogens is 1. The lowest BCUT2D eigenvalue weighted by molar-refractivity contribution is 0.102. The van der Waals surface area contributed by atoms with Crippen molar-refractivity contribution in [1.29, 1.82) is 0 Å². The number of hydrogen-bond donors (Lipinski definition) is 3. The molecule has 7 heteroatoms. The zero-order chi connectivity index (χ0) is 21.3. The van der Waals surface area contributed by atoms with E-state index in [-0.39, 0.29) is 17.6 Å². The van der Waals surface area contributed by atoms with Gasteiger partial charge >= 0.3 is 5.63 Å². The molecule has 0 saturated heterocycles. The van der Waals surface area contributed by atoms with E-state index in [2.05, 4.69) is 29.6 Å². The van der Waals surface area contributed by atoms with E-state index in [0.717, 1.165) is 0 Å². The van der Waals surface area contributed by atoms with E-state index in [1.165, 1.54) is 29.3 Å². The molecule has 3 aromatic rings. The summed E-state index contributed by atoms with van der Waals surface area (Å²) in [5.74, 6) is -1.32. The van der Waals surface area contributed by atoms with Gasteiger partial charge in [-0.15, -0.1) is 0 Å². The molecule has 2 aliphatic rings. The van der Waals surface area contributed by atoms with Gasteiger partial charge in [0.05, 0.1) is 12.0 Å². The van der Waals surface area contributed by atoms with Gasteiger partial charge in [0.15, 0.2) is 5.56 Å². The number of nitrogens with one attached hydrogen (secondary N) is 1. The third kappa shape index (κ3) is 3.66. The maximum absolute atomic E-state index is 12.4. The number of aliphatic hydroxyl groups is 1. The Balaban J connectivity index is 0.000000305. The standard InChI is InChI=1S/C17H12ClNO5.C6H4/c18-10-5-6-11-13(7-10)24-17(23)14(15(11)21)16(22)19-12-4-2-1-3-9(12)8-20;1-2-6-4-3-5(1)6/h1-7,20-21H,8H2,(H,19,22);1-4H. The van der Waals surface area contributed by atoms with Gasteiger partial charge in [-0.2, -0.15) is 0 Å². The minimum Gasteiger partial charge on any atom is -0.506 e. The number of carbonyl (C=O) groups excluding carboxylic acids is 1. The summed E-state index contributed by atoms with van der Waals surface area (Å²) in [6, 6.07) is 19.4. The van der Waals surface area contributed by atoms with Gasteiger partial charge in [-0.05, 0) is 29.3 Å². The van der Waals surface area contributed by atoms with E-state index in [0.29, 0.717) is 16.3 Å². The lowest BCUT2D eigenvalue weighted by atomic mass is 9.95. The molecule has 5 rings (SSSR count). The Morgan fingerprint density at radius 2 is 1.67 bits per heavy atom. The summed E-state index contributed by atoms with van der Waals surface area (Å²) in [7, 11) is 0. The van der Waals surface area contributed by atoms with Gasteiger partial charge in [0, 0.05) is 22.3 Å². The van der Waals surface area contributed by atoms with E-state index in [4.69, 9.17) is 16.0 Å². The number of amides is 1. The number of para-hydroxylation sites is 1. The van der Waals surface area contributed by atoms with Crippen molar-refractivity contribution < 1.29 is 19.4 Å². The van der Waals surface area contributed by atoms with Crippen molar-refractivity contribution in [2.45, 2.75) is 6.61 Å². The second-order valence-corrected chi connectivity index (χ2v) is 7.04. The molecule has 30 heavy (non-hydrogen) atoms. The van der Waals surface area contributed by atoms with Crippen molar-refractivity contribution in [3.63, 3.8) is 0 Å². The maximum Gasteiger partial charge on any atom is 0.353 e. The average Bonchev–Trinajstić information content (AvgIpc) is 2.71. The van der Waals surface area contributed by atoms with Gasteiger partial charge in [-0.3, -0.25) is 4.79 Å². The fourth-order valence-electron chi connectivity index (χ4n) is 2.99. The zero-order valence-electron chi connectivity index (χ0n) is 15.6. The minimum atomic E-state index is -0.985. The Hall–Kier alpha value is -3.61. The molecule has 0 fully saturated rings. The molecule has 0 spiro atoms. The third-order valence-corrected chi connectivity index (χ3v) is 4.96. The monoisotopic (exact) mass is 421 g/mol. The predicted molar refractivity (Wildman–Crippen MR) is 115 cm³/mol. The van der Waals surface area contributed by atoms with Gasteiger partial charge < -0.3 is 19.9 Å². The highest BCUT2D eigenvalue weighted by atomic mass is 35.5. The van der Waals surface area contributed by atoms with Gasteiger partial charge in [0.1, 0.15) is 11.3 Å². The minimum absolute atomic E-state index is 0.0808. The van der Waals surface area contributed by atoms with Crippen LogP contribution in [0.4, 0.5) is 5.69 Å². The van der Waals surface area contributed by atoms with Crippen LogP contribution < -0.4 is 10.9 Å². The Labute approximate surface area is 176 Å². The smallest absolute Gasteiger partial charge is 0.353 e. The van der Waals surface area contributed by atoms with Crippen molar-refractivity contribution in [1.82, 2.24) is 0 Å². The fraction of sp³-hybridized carbons (Fsp3) is 0.0435. The first kappa shape index (κ1) is 19.7. The Morgan fingerprint density at radius 3 is 2.27 bits per heavy atom. The van der Waals surface area contributed by atoms with Gasteiger partial charge in [-0.1, -0.05) is 54.1 Å². The third-order valence-electron chi connectivity index (χ3n) is 4.72. The summed E-state index contributed by atoms with van der Waals surface area (Å²) in [6.45, 7) is -0.284. The number of hydrogen-bond acceptors (Lipinski definition) is 5. The van der Waals surface area contributed by atoms with E-state index in [1.807, 2.05) is 0 Å². The zero-order valence-corrected chi connectivity index (χ0v) is 16.3. The van der Waals surface area contributed by atoms with Crippen molar-refractivity contribution >= 4 is 34.2 Å². The molecular formula is C23H16ClNO5. The topological polar surface area (TPSA) is 99.8 Å². The van der Waals surface area contributed by atoms with Gasteiger partial charge in [0.2, 0.25) is 0 Å². The average molecular weight is 422 g/mol. The summed E-state index contributed by atoms with van der Waals surface area (Å²) < 4.78 is 5.06. The Bertz CT molecular complexity index is 1290. The molecular weight excluding hydrogens is 406 g/mol. The van der Waals surface area contributed by atoms with Crippen LogP contribution >= 0.6 is 11.6 Å². The summed E-state index contributed by atoms with van der Waals surface area (Å²) in [5, 5.41) is 22.6. The molecule has 0 radical (unpaired) electrons. The number of carbonyl (C=O) groups is 1. The number of aromatic hydroxyl groups is 1.